The van der Waals surface area contributed by atoms with Gasteiger partial charge in [0.05, 0.1) is 11.1 Å². The fraction of sp³-hybridized carbons (Fsp3) is 0.167. The molecule has 2 aromatic rings. The molecule has 0 aliphatic rings. The summed E-state index contributed by atoms with van der Waals surface area (Å²) in [5.41, 5.74) is 0.920. The van der Waals surface area contributed by atoms with E-state index < -0.39 is 0 Å². The van der Waals surface area contributed by atoms with Crippen LogP contribution in [0.2, 0.25) is 0 Å². The lowest BCUT2D eigenvalue weighted by Crippen LogP contribution is -2.06. The lowest BCUT2D eigenvalue weighted by atomic mass is 10.2. The highest BCUT2D eigenvalue weighted by molar-refractivity contribution is 7.99. The van der Waals surface area contributed by atoms with E-state index >= 15 is 0 Å². The Morgan fingerprint density at radius 2 is 2.24 bits per heavy atom. The van der Waals surface area contributed by atoms with Gasteiger partial charge in [0.25, 0.3) is 0 Å². The summed E-state index contributed by atoms with van der Waals surface area (Å²) in [5, 5.41) is 3.71. The molecule has 0 aliphatic carbocycles. The Morgan fingerprint density at radius 1 is 1.35 bits per heavy atom. The van der Waals surface area contributed by atoms with E-state index in [9.17, 15) is 4.39 Å². The molecule has 0 spiro atoms. The number of nitrogens with zero attached hydrogens (tertiary/aromatic N) is 2. The summed E-state index contributed by atoms with van der Waals surface area (Å²) in [4.78, 5) is 8.69. The number of aromatic nitrogens is 2. The van der Waals surface area contributed by atoms with E-state index in [4.69, 9.17) is 0 Å². The quantitative estimate of drug-likeness (QED) is 0.903. The summed E-state index contributed by atoms with van der Waals surface area (Å²) in [6, 6.07) is 5.07. The number of benzene rings is 1. The summed E-state index contributed by atoms with van der Waals surface area (Å²) in [6.45, 7) is 0.625. The predicted molar refractivity (Wildman–Crippen MR) is 65.3 cm³/mol. The van der Waals surface area contributed by atoms with E-state index in [2.05, 4.69) is 15.3 Å². The molecule has 0 saturated carbocycles. The zero-order chi connectivity index (χ0) is 12.1. The maximum Gasteiger partial charge on any atom is 0.137 e. The van der Waals surface area contributed by atoms with Gasteiger partial charge in [-0.15, -0.1) is 0 Å². The lowest BCUT2D eigenvalue weighted by Gasteiger charge is -2.08. The van der Waals surface area contributed by atoms with Gasteiger partial charge in [0, 0.05) is 18.9 Å². The normalized spacial score (nSPS) is 10.5. The minimum absolute atomic E-state index is 0.228. The van der Waals surface area contributed by atoms with E-state index in [1.165, 1.54) is 17.8 Å². The molecular weight excluding hydrogens is 237 g/mol. The van der Waals surface area contributed by atoms with Crippen LogP contribution in [0.3, 0.4) is 0 Å². The molecule has 0 atom stereocenters. The van der Waals surface area contributed by atoms with E-state index in [1.54, 1.807) is 24.7 Å². The lowest BCUT2D eigenvalue weighted by molar-refractivity contribution is 0.594. The van der Waals surface area contributed by atoms with Gasteiger partial charge in [-0.1, -0.05) is 23.9 Å². The summed E-state index contributed by atoms with van der Waals surface area (Å²) in [5.74, 6) is -0.228. The van der Waals surface area contributed by atoms with Crippen LogP contribution in [0.5, 0.6) is 0 Å². The number of hydrogen-bond acceptors (Lipinski definition) is 4. The maximum atomic E-state index is 13.8. The van der Waals surface area contributed by atoms with Crippen molar-refractivity contribution in [3.05, 3.63) is 48.2 Å². The average Bonchev–Trinajstić information content (AvgIpc) is 2.35. The third kappa shape index (κ3) is 3.01. The van der Waals surface area contributed by atoms with Gasteiger partial charge in [0.2, 0.25) is 0 Å². The van der Waals surface area contributed by atoms with Gasteiger partial charge in [-0.05, 0) is 18.7 Å². The molecule has 0 amide bonds. The molecule has 2 rings (SSSR count). The Morgan fingerprint density at radius 3 is 2.94 bits per heavy atom. The molecule has 0 fully saturated rings. The summed E-state index contributed by atoms with van der Waals surface area (Å²) in [6.07, 6.45) is 4.82. The molecular formula is C12H12FN3S. The van der Waals surface area contributed by atoms with Gasteiger partial charge in [0.15, 0.2) is 0 Å². The van der Waals surface area contributed by atoms with Crippen LogP contribution in [-0.4, -0.2) is 17.0 Å². The standard InChI is InChI=1S/C12H12FN3S/c1-14-7-9-3-2-4-10(13)12(9)17-11-8-15-5-6-16-11/h2-6,8,14H,7H2,1H3. The van der Waals surface area contributed by atoms with Crippen LogP contribution in [0, 0.1) is 5.82 Å². The van der Waals surface area contributed by atoms with Crippen molar-refractivity contribution in [2.24, 2.45) is 0 Å². The second-order valence-electron chi connectivity index (χ2n) is 3.40. The van der Waals surface area contributed by atoms with Gasteiger partial charge >= 0.3 is 0 Å². The van der Waals surface area contributed by atoms with Crippen LogP contribution in [0.15, 0.2) is 46.7 Å². The largest absolute Gasteiger partial charge is 0.316 e. The summed E-state index contributed by atoms with van der Waals surface area (Å²) in [7, 11) is 1.83. The smallest absolute Gasteiger partial charge is 0.137 e. The van der Waals surface area contributed by atoms with E-state index in [1.807, 2.05) is 13.1 Å². The molecule has 0 saturated heterocycles. The van der Waals surface area contributed by atoms with Gasteiger partial charge in [-0.3, -0.25) is 4.98 Å². The monoisotopic (exact) mass is 249 g/mol. The molecule has 0 unspecified atom stereocenters. The fourth-order valence-corrected chi connectivity index (χ4v) is 2.31. The molecule has 3 nitrogen and oxygen atoms in total. The highest BCUT2D eigenvalue weighted by atomic mass is 32.2. The van der Waals surface area contributed by atoms with Crippen LogP contribution in [0.4, 0.5) is 4.39 Å². The molecule has 17 heavy (non-hydrogen) atoms. The Balaban J connectivity index is 2.31. The van der Waals surface area contributed by atoms with Crippen molar-refractivity contribution in [1.29, 1.82) is 0 Å². The molecule has 1 N–H and O–H groups in total. The molecule has 0 radical (unpaired) electrons. The van der Waals surface area contributed by atoms with Gasteiger partial charge < -0.3 is 5.32 Å². The Kier molecular flexibility index (Phi) is 4.06. The van der Waals surface area contributed by atoms with Crippen LogP contribution in [0.1, 0.15) is 5.56 Å². The molecule has 1 heterocycles. The van der Waals surface area contributed by atoms with Crippen LogP contribution < -0.4 is 5.32 Å². The zero-order valence-corrected chi connectivity index (χ0v) is 10.2. The SMILES string of the molecule is CNCc1cccc(F)c1Sc1cnccn1. The van der Waals surface area contributed by atoms with Crippen LogP contribution in [-0.2, 0) is 6.54 Å². The molecule has 1 aromatic heterocycles. The number of rotatable bonds is 4. The first-order valence-electron chi connectivity index (χ1n) is 5.17. The van der Waals surface area contributed by atoms with Gasteiger partial charge in [0.1, 0.15) is 10.8 Å². The maximum absolute atomic E-state index is 13.8. The van der Waals surface area contributed by atoms with Crippen molar-refractivity contribution in [2.75, 3.05) is 7.05 Å². The van der Waals surface area contributed by atoms with Crippen molar-refractivity contribution >= 4 is 11.8 Å². The first kappa shape index (κ1) is 12.0. The van der Waals surface area contributed by atoms with Crippen molar-refractivity contribution in [1.82, 2.24) is 15.3 Å². The van der Waals surface area contributed by atoms with Crippen LogP contribution >= 0.6 is 11.8 Å². The zero-order valence-electron chi connectivity index (χ0n) is 9.35. The predicted octanol–water partition coefficient (Wildman–Crippen LogP) is 2.49. The summed E-state index contributed by atoms with van der Waals surface area (Å²) >= 11 is 1.29. The Bertz CT molecular complexity index is 490. The third-order valence-electron chi connectivity index (χ3n) is 2.16. The minimum atomic E-state index is -0.228. The molecule has 0 bridgehead atoms. The van der Waals surface area contributed by atoms with Crippen molar-refractivity contribution in [3.8, 4) is 0 Å². The molecule has 88 valence electrons. The second kappa shape index (κ2) is 5.75. The van der Waals surface area contributed by atoms with Gasteiger partial charge in [-0.2, -0.15) is 0 Å². The number of hydrogen-bond donors (Lipinski definition) is 1. The Hall–Kier alpha value is -1.46. The number of halogens is 1. The molecule has 0 aliphatic heterocycles. The molecule has 1 aromatic carbocycles. The summed E-state index contributed by atoms with van der Waals surface area (Å²) < 4.78 is 13.8. The highest BCUT2D eigenvalue weighted by Crippen LogP contribution is 2.30. The second-order valence-corrected chi connectivity index (χ2v) is 4.43. The van der Waals surface area contributed by atoms with E-state index in [-0.39, 0.29) is 5.82 Å². The Labute approximate surface area is 103 Å². The minimum Gasteiger partial charge on any atom is -0.316 e. The van der Waals surface area contributed by atoms with Gasteiger partial charge in [-0.25, -0.2) is 9.37 Å². The van der Waals surface area contributed by atoms with E-state index in [0.29, 0.717) is 16.5 Å². The topological polar surface area (TPSA) is 37.8 Å². The molecule has 5 heteroatoms. The average molecular weight is 249 g/mol. The highest BCUT2D eigenvalue weighted by Gasteiger charge is 2.10. The fourth-order valence-electron chi connectivity index (χ4n) is 1.44. The number of nitrogens with one attached hydrogen (secondary N) is 1. The first-order chi connectivity index (χ1) is 8.31. The van der Waals surface area contributed by atoms with Crippen LogP contribution in [0.25, 0.3) is 0 Å². The first-order valence-corrected chi connectivity index (χ1v) is 5.99. The third-order valence-corrected chi connectivity index (χ3v) is 3.24. The van der Waals surface area contributed by atoms with E-state index in [0.717, 1.165) is 5.56 Å². The van der Waals surface area contributed by atoms with Crippen molar-refractivity contribution in [3.63, 3.8) is 0 Å². The van der Waals surface area contributed by atoms with Crippen molar-refractivity contribution in [2.45, 2.75) is 16.5 Å². The van der Waals surface area contributed by atoms with Crippen molar-refractivity contribution < 1.29 is 4.39 Å².